The first-order valence-electron chi connectivity index (χ1n) is 8.81. The van der Waals surface area contributed by atoms with Gasteiger partial charge < -0.3 is 10.2 Å². The van der Waals surface area contributed by atoms with Crippen LogP contribution in [-0.4, -0.2) is 37.7 Å². The van der Waals surface area contributed by atoms with E-state index in [-0.39, 0.29) is 17.0 Å². The smallest absolute Gasteiger partial charge is 0.321 e. The molecule has 1 atom stereocenters. The lowest BCUT2D eigenvalue weighted by molar-refractivity contribution is 0.206. The van der Waals surface area contributed by atoms with Crippen LogP contribution in [0.4, 0.5) is 10.5 Å². The van der Waals surface area contributed by atoms with E-state index in [9.17, 15) is 13.2 Å². The molecule has 2 amide bonds. The van der Waals surface area contributed by atoms with Crippen LogP contribution >= 0.6 is 0 Å². The van der Waals surface area contributed by atoms with Crippen LogP contribution in [0.5, 0.6) is 0 Å². The third kappa shape index (κ3) is 4.66. The van der Waals surface area contributed by atoms with Crippen molar-refractivity contribution in [2.24, 2.45) is 0 Å². The van der Waals surface area contributed by atoms with Gasteiger partial charge in [0.25, 0.3) is 0 Å². The summed E-state index contributed by atoms with van der Waals surface area (Å²) in [4.78, 5) is 14.6. The number of carbonyl (C=O) groups excluding carboxylic acids is 1. The standard InChI is InChI=1S/C20H21N3O3S/c21-12-14-27(25,26)19-10-8-17(9-11-19)22-20(24)23-13-4-7-18(23)15-16-5-2-1-3-6-16/h1-3,5-6,8-11,18H,4,7,13-15H2,(H,22,24)/t18-/m0/s1. The molecule has 0 unspecified atom stereocenters. The minimum atomic E-state index is -3.60. The minimum absolute atomic E-state index is 0.0742. The number of urea groups is 1. The van der Waals surface area contributed by atoms with Crippen molar-refractivity contribution in [2.45, 2.75) is 30.2 Å². The summed E-state index contributed by atoms with van der Waals surface area (Å²) in [5.74, 6) is -0.562. The molecule has 27 heavy (non-hydrogen) atoms. The molecule has 0 spiro atoms. The number of carbonyl (C=O) groups is 1. The zero-order valence-corrected chi connectivity index (χ0v) is 15.7. The maximum atomic E-state index is 12.7. The number of nitrogens with one attached hydrogen (secondary N) is 1. The molecule has 3 rings (SSSR count). The summed E-state index contributed by atoms with van der Waals surface area (Å²) in [5.41, 5.74) is 1.73. The van der Waals surface area contributed by atoms with Gasteiger partial charge >= 0.3 is 6.03 Å². The van der Waals surface area contributed by atoms with Gasteiger partial charge in [0.2, 0.25) is 0 Å². The topological polar surface area (TPSA) is 90.3 Å². The first kappa shape index (κ1) is 18.9. The molecule has 0 radical (unpaired) electrons. The molecule has 7 heteroatoms. The Hall–Kier alpha value is -2.85. The second kappa shape index (κ2) is 8.23. The predicted octanol–water partition coefficient (Wildman–Crippen LogP) is 3.22. The third-order valence-electron chi connectivity index (χ3n) is 4.67. The van der Waals surface area contributed by atoms with Crippen LogP contribution in [0.3, 0.4) is 0 Å². The first-order chi connectivity index (χ1) is 13.0. The van der Waals surface area contributed by atoms with Gasteiger partial charge in [-0.05, 0) is 49.1 Å². The van der Waals surface area contributed by atoms with Gasteiger partial charge in [-0.15, -0.1) is 0 Å². The average molecular weight is 383 g/mol. The second-order valence-electron chi connectivity index (χ2n) is 6.55. The molecular formula is C20H21N3O3S. The van der Waals surface area contributed by atoms with E-state index in [0.29, 0.717) is 12.2 Å². The Morgan fingerprint density at radius 2 is 1.85 bits per heavy atom. The fourth-order valence-electron chi connectivity index (χ4n) is 3.31. The molecule has 1 heterocycles. The molecule has 2 aromatic rings. The largest absolute Gasteiger partial charge is 0.322 e. The monoisotopic (exact) mass is 383 g/mol. The summed E-state index contributed by atoms with van der Waals surface area (Å²) in [7, 11) is -3.60. The van der Waals surface area contributed by atoms with Gasteiger partial charge in [-0.25, -0.2) is 13.2 Å². The Labute approximate surface area is 159 Å². The van der Waals surface area contributed by atoms with Crippen molar-refractivity contribution in [1.29, 1.82) is 5.26 Å². The fourth-order valence-corrected chi connectivity index (χ4v) is 4.20. The lowest BCUT2D eigenvalue weighted by atomic mass is 10.0. The number of nitriles is 1. The zero-order chi connectivity index (χ0) is 19.3. The Morgan fingerprint density at radius 3 is 2.52 bits per heavy atom. The second-order valence-corrected chi connectivity index (χ2v) is 8.54. The highest BCUT2D eigenvalue weighted by molar-refractivity contribution is 7.91. The number of nitrogens with zero attached hydrogens (tertiary/aromatic N) is 2. The summed E-state index contributed by atoms with van der Waals surface area (Å²) in [5, 5.41) is 11.4. The molecule has 0 aromatic heterocycles. The maximum absolute atomic E-state index is 12.7. The normalized spacial score (nSPS) is 16.7. The van der Waals surface area contributed by atoms with Gasteiger partial charge in [-0.1, -0.05) is 30.3 Å². The molecule has 1 saturated heterocycles. The van der Waals surface area contributed by atoms with E-state index in [4.69, 9.17) is 5.26 Å². The van der Waals surface area contributed by atoms with Crippen LogP contribution in [0.25, 0.3) is 0 Å². The van der Waals surface area contributed by atoms with Crippen LogP contribution in [0.1, 0.15) is 18.4 Å². The van der Waals surface area contributed by atoms with Gasteiger partial charge in [0.15, 0.2) is 9.84 Å². The molecule has 0 bridgehead atoms. The lowest BCUT2D eigenvalue weighted by Gasteiger charge is -2.25. The highest BCUT2D eigenvalue weighted by Crippen LogP contribution is 2.23. The number of hydrogen-bond acceptors (Lipinski definition) is 4. The van der Waals surface area contributed by atoms with Crippen molar-refractivity contribution in [3.05, 3.63) is 60.2 Å². The van der Waals surface area contributed by atoms with Gasteiger partial charge in [0.1, 0.15) is 5.75 Å². The van der Waals surface area contributed by atoms with E-state index >= 15 is 0 Å². The Bertz CT molecular complexity index is 935. The van der Waals surface area contributed by atoms with E-state index in [1.54, 1.807) is 18.2 Å². The molecule has 2 aromatic carbocycles. The van der Waals surface area contributed by atoms with Crippen LogP contribution in [0, 0.1) is 11.3 Å². The van der Waals surface area contributed by atoms with E-state index in [1.807, 2.05) is 23.1 Å². The molecule has 1 aliphatic rings. The van der Waals surface area contributed by atoms with Crippen LogP contribution in [0.15, 0.2) is 59.5 Å². The Morgan fingerprint density at radius 1 is 1.15 bits per heavy atom. The van der Waals surface area contributed by atoms with Crippen molar-refractivity contribution in [1.82, 2.24) is 4.90 Å². The number of anilines is 1. The van der Waals surface area contributed by atoms with Gasteiger partial charge in [0.05, 0.1) is 11.0 Å². The molecular weight excluding hydrogens is 362 g/mol. The van der Waals surface area contributed by atoms with E-state index in [1.165, 1.54) is 17.7 Å². The quantitative estimate of drug-likeness (QED) is 0.858. The summed E-state index contributed by atoms with van der Waals surface area (Å²) >= 11 is 0. The molecule has 1 aliphatic heterocycles. The van der Waals surface area contributed by atoms with Crippen molar-refractivity contribution in [3.63, 3.8) is 0 Å². The van der Waals surface area contributed by atoms with Crippen molar-refractivity contribution < 1.29 is 13.2 Å². The first-order valence-corrected chi connectivity index (χ1v) is 10.5. The van der Waals surface area contributed by atoms with Crippen LogP contribution in [0.2, 0.25) is 0 Å². The number of sulfone groups is 1. The molecule has 0 aliphatic carbocycles. The lowest BCUT2D eigenvalue weighted by Crippen LogP contribution is -2.39. The molecule has 1 N–H and O–H groups in total. The maximum Gasteiger partial charge on any atom is 0.322 e. The highest BCUT2D eigenvalue weighted by Gasteiger charge is 2.28. The molecule has 1 fully saturated rings. The van der Waals surface area contributed by atoms with Crippen LogP contribution < -0.4 is 5.32 Å². The highest BCUT2D eigenvalue weighted by atomic mass is 32.2. The summed E-state index contributed by atoms with van der Waals surface area (Å²) in [6.45, 7) is 0.706. The SMILES string of the molecule is N#CCS(=O)(=O)c1ccc(NC(=O)N2CCC[C@H]2Cc2ccccc2)cc1. The molecule has 6 nitrogen and oxygen atoms in total. The van der Waals surface area contributed by atoms with Crippen molar-refractivity contribution >= 4 is 21.6 Å². The van der Waals surface area contributed by atoms with Crippen molar-refractivity contribution in [2.75, 3.05) is 17.6 Å². The number of likely N-dealkylation sites (tertiary alicyclic amines) is 1. The summed E-state index contributed by atoms with van der Waals surface area (Å²) < 4.78 is 23.7. The number of rotatable bonds is 5. The fraction of sp³-hybridized carbons (Fsp3) is 0.300. The number of benzene rings is 2. The van der Waals surface area contributed by atoms with E-state index in [2.05, 4.69) is 17.4 Å². The molecule has 140 valence electrons. The predicted molar refractivity (Wildman–Crippen MR) is 103 cm³/mol. The van der Waals surface area contributed by atoms with Gasteiger partial charge in [-0.3, -0.25) is 0 Å². The third-order valence-corrected chi connectivity index (χ3v) is 6.17. The number of hydrogen-bond donors (Lipinski definition) is 1. The molecule has 0 saturated carbocycles. The minimum Gasteiger partial charge on any atom is -0.321 e. The Balaban J connectivity index is 1.65. The van der Waals surface area contributed by atoms with Crippen LogP contribution in [-0.2, 0) is 16.3 Å². The average Bonchev–Trinajstić information content (AvgIpc) is 3.11. The summed E-state index contributed by atoms with van der Waals surface area (Å²) in [6, 6.07) is 17.6. The van der Waals surface area contributed by atoms with Gasteiger partial charge in [0, 0.05) is 18.3 Å². The van der Waals surface area contributed by atoms with E-state index < -0.39 is 15.6 Å². The Kier molecular flexibility index (Phi) is 5.77. The van der Waals surface area contributed by atoms with Gasteiger partial charge in [-0.2, -0.15) is 5.26 Å². The van der Waals surface area contributed by atoms with Crippen molar-refractivity contribution in [3.8, 4) is 6.07 Å². The number of amides is 2. The zero-order valence-electron chi connectivity index (χ0n) is 14.8. The van der Waals surface area contributed by atoms with E-state index in [0.717, 1.165) is 19.3 Å². The summed E-state index contributed by atoms with van der Waals surface area (Å²) in [6.07, 6.45) is 2.75.